The summed E-state index contributed by atoms with van der Waals surface area (Å²) in [6.07, 6.45) is 1.65. The molecule has 2 aromatic carbocycles. The standard InChI is InChI=1S/C25H21Cl2N3O5S/c1-25(13-19(30-35-25)20-6-3-11-36-20)24(34)29-18(23(32)33)12-14-7-9-15(10-8-14)28-22(31)21-16(26)4-2-5-17(21)27/h2-11,13,18,30H,12H2,1H3,(H,28,31)(H,29,34)(H,32,33)/t18?,25-/m0/s1. The first-order valence-corrected chi connectivity index (χ1v) is 12.4. The van der Waals surface area contributed by atoms with Crippen LogP contribution < -0.4 is 16.1 Å². The van der Waals surface area contributed by atoms with Crippen LogP contribution in [0.15, 0.2) is 66.1 Å². The van der Waals surface area contributed by atoms with Gasteiger partial charge in [-0.05, 0) is 54.3 Å². The van der Waals surface area contributed by atoms with Gasteiger partial charge in [0, 0.05) is 12.1 Å². The van der Waals surface area contributed by atoms with Crippen LogP contribution in [-0.2, 0) is 20.8 Å². The predicted octanol–water partition coefficient (Wildman–Crippen LogP) is 4.75. The molecule has 2 amide bonds. The van der Waals surface area contributed by atoms with Crippen LogP contribution in [0, 0.1) is 0 Å². The molecule has 2 atom stereocenters. The molecule has 0 spiro atoms. The van der Waals surface area contributed by atoms with Crippen molar-refractivity contribution in [2.45, 2.75) is 25.0 Å². The van der Waals surface area contributed by atoms with E-state index in [4.69, 9.17) is 28.0 Å². The Morgan fingerprint density at radius 2 is 1.78 bits per heavy atom. The highest BCUT2D eigenvalue weighted by Gasteiger charge is 2.40. The molecule has 0 fully saturated rings. The molecule has 4 N–H and O–H groups in total. The van der Waals surface area contributed by atoms with Gasteiger partial charge in [0.05, 0.1) is 26.2 Å². The van der Waals surface area contributed by atoms with Crippen molar-refractivity contribution in [3.05, 3.63) is 92.1 Å². The minimum atomic E-state index is -1.37. The largest absolute Gasteiger partial charge is 0.480 e. The summed E-state index contributed by atoms with van der Waals surface area (Å²) < 4.78 is 0. The third kappa shape index (κ3) is 5.71. The van der Waals surface area contributed by atoms with Crippen LogP contribution >= 0.6 is 34.5 Å². The molecule has 186 valence electrons. The highest BCUT2D eigenvalue weighted by atomic mass is 35.5. The number of carbonyl (C=O) groups is 3. The zero-order valence-electron chi connectivity index (χ0n) is 18.9. The van der Waals surface area contributed by atoms with E-state index in [2.05, 4.69) is 16.1 Å². The molecule has 11 heteroatoms. The van der Waals surface area contributed by atoms with E-state index in [1.807, 2.05) is 17.5 Å². The van der Waals surface area contributed by atoms with Crippen LogP contribution in [0.4, 0.5) is 5.69 Å². The Bertz CT molecular complexity index is 1310. The second-order valence-electron chi connectivity index (χ2n) is 8.16. The number of halogens is 2. The smallest absolute Gasteiger partial charge is 0.326 e. The van der Waals surface area contributed by atoms with Crippen molar-refractivity contribution in [1.29, 1.82) is 0 Å². The van der Waals surface area contributed by atoms with E-state index in [9.17, 15) is 19.5 Å². The van der Waals surface area contributed by atoms with E-state index >= 15 is 0 Å². The first-order valence-electron chi connectivity index (χ1n) is 10.7. The summed E-state index contributed by atoms with van der Waals surface area (Å²) in [6, 6.07) is 13.9. The first kappa shape index (κ1) is 25.7. The molecule has 8 nitrogen and oxygen atoms in total. The maximum atomic E-state index is 12.9. The molecule has 1 aliphatic heterocycles. The lowest BCUT2D eigenvalue weighted by Crippen LogP contribution is -2.51. The van der Waals surface area contributed by atoms with Crippen LogP contribution in [0.5, 0.6) is 0 Å². The Labute approximate surface area is 220 Å². The summed E-state index contributed by atoms with van der Waals surface area (Å²) in [5.74, 6) is -2.25. The van der Waals surface area contributed by atoms with E-state index in [0.717, 1.165) is 4.88 Å². The van der Waals surface area contributed by atoms with Crippen molar-refractivity contribution in [2.24, 2.45) is 0 Å². The normalized spacial score (nSPS) is 17.6. The summed E-state index contributed by atoms with van der Waals surface area (Å²) in [5, 5.41) is 17.3. The molecule has 1 aliphatic rings. The number of carboxylic acid groups (broad SMARTS) is 1. The lowest BCUT2D eigenvalue weighted by atomic mass is 10.0. The van der Waals surface area contributed by atoms with E-state index < -0.39 is 29.4 Å². The number of carboxylic acids is 1. The van der Waals surface area contributed by atoms with Gasteiger partial charge in [-0.2, -0.15) is 0 Å². The van der Waals surface area contributed by atoms with Crippen LogP contribution in [0.25, 0.3) is 5.70 Å². The Hall–Kier alpha value is -3.37. The molecule has 1 unspecified atom stereocenters. The number of carbonyl (C=O) groups excluding carboxylic acids is 2. The Kier molecular flexibility index (Phi) is 7.65. The molecule has 0 saturated carbocycles. The number of thiophene rings is 1. The molecule has 2 heterocycles. The van der Waals surface area contributed by atoms with Crippen molar-refractivity contribution >= 4 is 63.7 Å². The minimum absolute atomic E-state index is 0.0245. The summed E-state index contributed by atoms with van der Waals surface area (Å²) in [5.41, 5.74) is 3.28. The lowest BCUT2D eigenvalue weighted by molar-refractivity contribution is -0.148. The Morgan fingerprint density at radius 3 is 2.39 bits per heavy atom. The molecular weight excluding hydrogens is 525 g/mol. The van der Waals surface area contributed by atoms with Gasteiger partial charge in [-0.15, -0.1) is 11.3 Å². The van der Waals surface area contributed by atoms with Crippen LogP contribution in [0.1, 0.15) is 27.7 Å². The number of hydrogen-bond donors (Lipinski definition) is 4. The van der Waals surface area contributed by atoms with Crippen molar-refractivity contribution in [1.82, 2.24) is 10.8 Å². The van der Waals surface area contributed by atoms with Gasteiger partial charge in [0.25, 0.3) is 11.8 Å². The first-order chi connectivity index (χ1) is 17.2. The average molecular weight is 546 g/mol. The van der Waals surface area contributed by atoms with Gasteiger partial charge in [-0.3, -0.25) is 19.9 Å². The van der Waals surface area contributed by atoms with Crippen molar-refractivity contribution < 1.29 is 24.3 Å². The van der Waals surface area contributed by atoms with Gasteiger partial charge in [0.15, 0.2) is 5.60 Å². The maximum Gasteiger partial charge on any atom is 0.326 e. The molecule has 0 saturated heterocycles. The Morgan fingerprint density at radius 1 is 1.08 bits per heavy atom. The number of anilines is 1. The topological polar surface area (TPSA) is 117 Å². The second-order valence-corrected chi connectivity index (χ2v) is 9.92. The van der Waals surface area contributed by atoms with Crippen molar-refractivity contribution in [3.8, 4) is 0 Å². The number of amides is 2. The molecule has 0 aliphatic carbocycles. The fraction of sp³-hybridized carbons (Fsp3) is 0.160. The third-order valence-electron chi connectivity index (χ3n) is 5.48. The molecule has 36 heavy (non-hydrogen) atoms. The van der Waals surface area contributed by atoms with E-state index in [1.165, 1.54) is 11.3 Å². The molecule has 1 aromatic heterocycles. The summed E-state index contributed by atoms with van der Waals surface area (Å²) in [4.78, 5) is 43.7. The average Bonchev–Trinajstić information content (AvgIpc) is 3.50. The van der Waals surface area contributed by atoms with E-state index in [0.29, 0.717) is 16.9 Å². The van der Waals surface area contributed by atoms with Crippen LogP contribution in [0.3, 0.4) is 0 Å². The maximum absolute atomic E-state index is 12.9. The highest BCUT2D eigenvalue weighted by molar-refractivity contribution is 7.11. The summed E-state index contributed by atoms with van der Waals surface area (Å²) in [7, 11) is 0. The number of nitrogens with one attached hydrogen (secondary N) is 3. The minimum Gasteiger partial charge on any atom is -0.480 e. The van der Waals surface area contributed by atoms with E-state index in [1.54, 1.807) is 55.5 Å². The zero-order valence-corrected chi connectivity index (χ0v) is 21.2. The fourth-order valence-corrected chi connectivity index (χ4v) is 4.79. The summed E-state index contributed by atoms with van der Waals surface area (Å²) >= 11 is 13.6. The molecular formula is C25H21Cl2N3O5S. The monoisotopic (exact) mass is 545 g/mol. The molecule has 4 rings (SSSR count). The second kappa shape index (κ2) is 10.7. The number of rotatable bonds is 8. The predicted molar refractivity (Wildman–Crippen MR) is 139 cm³/mol. The van der Waals surface area contributed by atoms with Gasteiger partial charge in [-0.25, -0.2) is 4.79 Å². The Balaban J connectivity index is 1.41. The number of hydroxylamine groups is 1. The third-order valence-corrected chi connectivity index (χ3v) is 7.01. The molecule has 0 bridgehead atoms. The fourth-order valence-electron chi connectivity index (χ4n) is 3.53. The SMILES string of the molecule is C[C@@]1(C(=O)NC(Cc2ccc(NC(=O)c3c(Cl)cccc3Cl)cc2)C(=O)O)C=C(c2cccs2)NO1. The number of aliphatic carboxylic acids is 1. The van der Waals surface area contributed by atoms with Gasteiger partial charge in [0.2, 0.25) is 0 Å². The summed E-state index contributed by atoms with van der Waals surface area (Å²) in [6.45, 7) is 1.55. The molecule has 3 aromatic rings. The van der Waals surface area contributed by atoms with Crippen LogP contribution in [-0.4, -0.2) is 34.5 Å². The van der Waals surface area contributed by atoms with Gasteiger partial charge >= 0.3 is 5.97 Å². The van der Waals surface area contributed by atoms with Gasteiger partial charge in [-0.1, -0.05) is 47.5 Å². The highest BCUT2D eigenvalue weighted by Crippen LogP contribution is 2.29. The lowest BCUT2D eigenvalue weighted by Gasteiger charge is -2.22. The number of benzene rings is 2. The zero-order chi connectivity index (χ0) is 25.9. The van der Waals surface area contributed by atoms with Crippen LogP contribution in [0.2, 0.25) is 10.0 Å². The molecule has 0 radical (unpaired) electrons. The van der Waals surface area contributed by atoms with Gasteiger partial charge in [0.1, 0.15) is 6.04 Å². The van der Waals surface area contributed by atoms with Crippen molar-refractivity contribution in [2.75, 3.05) is 5.32 Å². The van der Waals surface area contributed by atoms with E-state index in [-0.39, 0.29) is 22.0 Å². The quantitative estimate of drug-likeness (QED) is 0.324. The van der Waals surface area contributed by atoms with Gasteiger partial charge < -0.3 is 15.7 Å². The van der Waals surface area contributed by atoms with Crippen molar-refractivity contribution in [3.63, 3.8) is 0 Å². The number of hydrogen-bond acceptors (Lipinski definition) is 6.